The second kappa shape index (κ2) is 6.28. The Bertz CT molecular complexity index is 723. The van der Waals surface area contributed by atoms with Crippen molar-refractivity contribution in [3.63, 3.8) is 0 Å². The monoisotopic (exact) mass is 292 g/mol. The topological polar surface area (TPSA) is 0 Å². The van der Waals surface area contributed by atoms with Gasteiger partial charge in [-0.2, -0.15) is 0 Å². The molecule has 3 rings (SSSR count). The Balaban J connectivity index is 1.75. The summed E-state index contributed by atoms with van der Waals surface area (Å²) in [7, 11) is 0. The van der Waals surface area contributed by atoms with Crippen LogP contribution in [0.4, 0.5) is 0 Å². The van der Waals surface area contributed by atoms with Crippen LogP contribution in [0.3, 0.4) is 0 Å². The van der Waals surface area contributed by atoms with Crippen molar-refractivity contribution in [1.29, 1.82) is 0 Å². The predicted octanol–water partition coefficient (Wildman–Crippen LogP) is 5.82. The van der Waals surface area contributed by atoms with Crippen LogP contribution < -0.4 is 0 Å². The molecule has 0 unspecified atom stereocenters. The Morgan fingerprint density at radius 3 is 2.33 bits per heavy atom. The van der Waals surface area contributed by atoms with Crippen molar-refractivity contribution >= 4 is 11.3 Å². The molecule has 0 saturated heterocycles. The Morgan fingerprint density at radius 2 is 1.67 bits per heavy atom. The summed E-state index contributed by atoms with van der Waals surface area (Å²) >= 11 is 1.83. The molecule has 0 aliphatic heterocycles. The fraction of sp³-hybridized carbons (Fsp3) is 0.200. The molecule has 0 bridgehead atoms. The van der Waals surface area contributed by atoms with Gasteiger partial charge in [0.25, 0.3) is 0 Å². The van der Waals surface area contributed by atoms with Crippen LogP contribution in [0, 0.1) is 13.8 Å². The number of hydrogen-bond acceptors (Lipinski definition) is 1. The molecule has 0 fully saturated rings. The van der Waals surface area contributed by atoms with E-state index in [0.717, 1.165) is 12.8 Å². The second-order valence-electron chi connectivity index (χ2n) is 5.62. The molecule has 0 spiro atoms. The van der Waals surface area contributed by atoms with E-state index in [1.807, 2.05) is 11.3 Å². The quantitative estimate of drug-likeness (QED) is 0.568. The lowest BCUT2D eigenvalue weighted by molar-refractivity contribution is 0.949. The predicted molar refractivity (Wildman–Crippen MR) is 93.1 cm³/mol. The minimum absolute atomic E-state index is 1.11. The molecule has 1 heterocycles. The van der Waals surface area contributed by atoms with Gasteiger partial charge in [0.05, 0.1) is 0 Å². The number of rotatable bonds is 4. The Hall–Kier alpha value is -1.86. The number of benzene rings is 2. The third-order valence-corrected chi connectivity index (χ3v) is 4.98. The van der Waals surface area contributed by atoms with Gasteiger partial charge in [-0.25, -0.2) is 0 Å². The summed E-state index contributed by atoms with van der Waals surface area (Å²) in [5.41, 5.74) is 6.95. The van der Waals surface area contributed by atoms with Crippen molar-refractivity contribution in [3.05, 3.63) is 82.2 Å². The molecule has 0 amide bonds. The van der Waals surface area contributed by atoms with E-state index in [9.17, 15) is 0 Å². The van der Waals surface area contributed by atoms with Gasteiger partial charge in [-0.05, 0) is 66.0 Å². The van der Waals surface area contributed by atoms with Crippen LogP contribution in [0.2, 0.25) is 0 Å². The lowest BCUT2D eigenvalue weighted by atomic mass is 9.98. The van der Waals surface area contributed by atoms with Gasteiger partial charge < -0.3 is 0 Å². The van der Waals surface area contributed by atoms with Crippen molar-refractivity contribution in [2.24, 2.45) is 0 Å². The summed E-state index contributed by atoms with van der Waals surface area (Å²) in [5, 5.41) is 2.22. The van der Waals surface area contributed by atoms with E-state index in [1.54, 1.807) is 0 Å². The first-order valence-corrected chi connectivity index (χ1v) is 8.29. The maximum Gasteiger partial charge on any atom is 0.0345 e. The van der Waals surface area contributed by atoms with E-state index >= 15 is 0 Å². The van der Waals surface area contributed by atoms with Gasteiger partial charge in [0.15, 0.2) is 0 Å². The minimum atomic E-state index is 1.11. The Morgan fingerprint density at radius 1 is 0.857 bits per heavy atom. The van der Waals surface area contributed by atoms with Crippen LogP contribution in [0.15, 0.2) is 60.0 Å². The zero-order valence-electron chi connectivity index (χ0n) is 12.6. The Labute approximate surface area is 131 Å². The van der Waals surface area contributed by atoms with E-state index < -0.39 is 0 Å². The van der Waals surface area contributed by atoms with Gasteiger partial charge in [-0.15, -0.1) is 11.3 Å². The van der Waals surface area contributed by atoms with Gasteiger partial charge in [0.2, 0.25) is 0 Å². The molecule has 0 N–H and O–H groups in total. The molecule has 1 aromatic heterocycles. The van der Waals surface area contributed by atoms with Crippen molar-refractivity contribution in [1.82, 2.24) is 0 Å². The summed E-state index contributed by atoms with van der Waals surface area (Å²) in [5.74, 6) is 0. The molecule has 0 radical (unpaired) electrons. The third kappa shape index (κ3) is 3.43. The van der Waals surface area contributed by atoms with Crippen molar-refractivity contribution < 1.29 is 0 Å². The fourth-order valence-corrected chi connectivity index (χ4v) is 3.53. The van der Waals surface area contributed by atoms with Crippen LogP contribution in [0.1, 0.15) is 22.3 Å². The SMILES string of the molecule is Cc1csc(-c2ccc(CCc3ccccc3)c(C)c2)c1. The number of thiophene rings is 1. The average Bonchev–Trinajstić information content (AvgIpc) is 2.93. The number of hydrogen-bond donors (Lipinski definition) is 0. The third-order valence-electron chi connectivity index (χ3n) is 3.88. The fourth-order valence-electron chi connectivity index (χ4n) is 2.64. The molecule has 0 nitrogen and oxygen atoms in total. The second-order valence-corrected chi connectivity index (χ2v) is 6.53. The highest BCUT2D eigenvalue weighted by Gasteiger charge is 2.04. The van der Waals surface area contributed by atoms with E-state index in [4.69, 9.17) is 0 Å². The zero-order valence-corrected chi connectivity index (χ0v) is 13.4. The van der Waals surface area contributed by atoms with Crippen LogP contribution in [-0.2, 0) is 12.8 Å². The van der Waals surface area contributed by atoms with E-state index in [-0.39, 0.29) is 0 Å². The van der Waals surface area contributed by atoms with Crippen LogP contribution in [0.25, 0.3) is 10.4 Å². The van der Waals surface area contributed by atoms with Crippen molar-refractivity contribution in [2.75, 3.05) is 0 Å². The highest BCUT2D eigenvalue weighted by molar-refractivity contribution is 7.13. The molecule has 0 aliphatic rings. The largest absolute Gasteiger partial charge is 0.144 e. The minimum Gasteiger partial charge on any atom is -0.144 e. The van der Waals surface area contributed by atoms with Crippen LogP contribution in [-0.4, -0.2) is 0 Å². The summed E-state index contributed by atoms with van der Waals surface area (Å²) in [6.07, 6.45) is 2.22. The smallest absolute Gasteiger partial charge is 0.0345 e. The molecule has 21 heavy (non-hydrogen) atoms. The van der Waals surface area contributed by atoms with Crippen LogP contribution >= 0.6 is 11.3 Å². The summed E-state index contributed by atoms with van der Waals surface area (Å²) in [4.78, 5) is 1.37. The lowest BCUT2D eigenvalue weighted by Gasteiger charge is -2.08. The normalized spacial score (nSPS) is 10.8. The molecule has 2 aromatic carbocycles. The molecule has 0 atom stereocenters. The number of aryl methyl sites for hydroxylation is 4. The first-order valence-electron chi connectivity index (χ1n) is 7.41. The summed E-state index contributed by atoms with van der Waals surface area (Å²) in [6.45, 7) is 4.38. The van der Waals surface area contributed by atoms with Gasteiger partial charge in [-0.1, -0.05) is 48.5 Å². The molecule has 3 aromatic rings. The maximum absolute atomic E-state index is 2.33. The average molecular weight is 292 g/mol. The Kier molecular flexibility index (Phi) is 4.21. The van der Waals surface area contributed by atoms with Gasteiger partial charge >= 0.3 is 0 Å². The van der Waals surface area contributed by atoms with Crippen molar-refractivity contribution in [2.45, 2.75) is 26.7 Å². The molecule has 0 aliphatic carbocycles. The zero-order chi connectivity index (χ0) is 14.7. The highest BCUT2D eigenvalue weighted by Crippen LogP contribution is 2.28. The molecular formula is C20H20S. The van der Waals surface area contributed by atoms with Gasteiger partial charge in [0.1, 0.15) is 0 Å². The molecule has 106 valence electrons. The van der Waals surface area contributed by atoms with Gasteiger partial charge in [0, 0.05) is 4.88 Å². The van der Waals surface area contributed by atoms with Crippen LogP contribution in [0.5, 0.6) is 0 Å². The first kappa shape index (κ1) is 14.1. The lowest BCUT2D eigenvalue weighted by Crippen LogP contribution is -1.94. The maximum atomic E-state index is 2.33. The standard InChI is InChI=1S/C20H20S/c1-15-12-20(21-14-15)19-11-10-18(16(2)13-19)9-8-17-6-4-3-5-7-17/h3-7,10-14H,8-9H2,1-2H3. The van der Waals surface area contributed by atoms with Crippen molar-refractivity contribution in [3.8, 4) is 10.4 Å². The van der Waals surface area contributed by atoms with E-state index in [2.05, 4.69) is 73.8 Å². The first-order chi connectivity index (χ1) is 10.2. The van der Waals surface area contributed by atoms with Gasteiger partial charge in [-0.3, -0.25) is 0 Å². The van der Waals surface area contributed by atoms with E-state index in [1.165, 1.54) is 32.7 Å². The molecule has 1 heteroatoms. The molecule has 0 saturated carbocycles. The highest BCUT2D eigenvalue weighted by atomic mass is 32.1. The molecular weight excluding hydrogens is 272 g/mol. The summed E-state index contributed by atoms with van der Waals surface area (Å²) < 4.78 is 0. The van der Waals surface area contributed by atoms with E-state index in [0.29, 0.717) is 0 Å². The summed E-state index contributed by atoms with van der Waals surface area (Å²) in [6, 6.07) is 19.9.